The van der Waals surface area contributed by atoms with E-state index in [9.17, 15) is 29.7 Å². The molecule has 12 heteroatoms. The summed E-state index contributed by atoms with van der Waals surface area (Å²) in [7, 11) is 0. The molecule has 0 aliphatic heterocycles. The topological polar surface area (TPSA) is 226 Å². The number of phenolic OH excluding ortho intramolecular Hbond substituents is 3. The fourth-order valence-corrected chi connectivity index (χ4v) is 9.92. The van der Waals surface area contributed by atoms with Gasteiger partial charge in [0.2, 0.25) is 17.7 Å². The highest BCUT2D eigenvalue weighted by atomic mass is 16.3. The number of phenols is 3. The number of carbonyl (C=O) groups is 3. The van der Waals surface area contributed by atoms with Gasteiger partial charge in [-0.2, -0.15) is 0 Å². The molecule has 0 heterocycles. The quantitative estimate of drug-likeness (QED) is 0.0312. The summed E-state index contributed by atoms with van der Waals surface area (Å²) < 4.78 is 0. The maximum atomic E-state index is 13.6. The normalized spacial score (nSPS) is 12.3. The minimum absolute atomic E-state index is 0.143. The third-order valence-electron chi connectivity index (χ3n) is 14.1. The number of amides is 3. The van der Waals surface area contributed by atoms with Crippen LogP contribution in [-0.4, -0.2) is 51.2 Å². The standard InChI is InChI=1S/C67H64N6O6/c68-61(40-49-22-31-58(74)37-52(49)34-43-10-4-1-5-11-43)65(77)71-55-25-16-46(17-26-55)64(47-18-27-56(28-19-47)72-66(78)62(69)41-50-23-32-59(75)38-53(50)35-44-12-6-2-7-13-44)48-20-29-57(30-21-48)73-67(79)63(70)42-51-24-33-60(76)39-54(51)36-45-14-8-3-9-15-45/h1-33,37-39,61-64,74-76H,34-36,40-42,68-70H2,(H,71,77)(H,72,78)(H,73,79)/t61-,62-,63-/m0/s1. The summed E-state index contributed by atoms with van der Waals surface area (Å²) >= 11 is 0. The lowest BCUT2D eigenvalue weighted by Gasteiger charge is -2.21. The van der Waals surface area contributed by atoms with E-state index in [0.29, 0.717) is 36.3 Å². The first-order chi connectivity index (χ1) is 38.3. The van der Waals surface area contributed by atoms with Crippen molar-refractivity contribution >= 4 is 34.8 Å². The number of anilines is 3. The average molecular weight is 1050 g/mol. The Balaban J connectivity index is 0.907. The second kappa shape index (κ2) is 25.7. The van der Waals surface area contributed by atoms with E-state index in [0.717, 1.165) is 66.8 Å². The van der Waals surface area contributed by atoms with Crippen LogP contribution < -0.4 is 33.2 Å². The van der Waals surface area contributed by atoms with Crippen molar-refractivity contribution in [3.8, 4) is 17.2 Å². The van der Waals surface area contributed by atoms with Gasteiger partial charge < -0.3 is 48.5 Å². The maximum absolute atomic E-state index is 13.6. The molecule has 398 valence electrons. The van der Waals surface area contributed by atoms with Crippen LogP contribution in [0.1, 0.15) is 72.7 Å². The summed E-state index contributed by atoms with van der Waals surface area (Å²) in [6.07, 6.45) is 2.53. The van der Waals surface area contributed by atoms with Crippen molar-refractivity contribution in [2.75, 3.05) is 16.0 Å². The Hall–Kier alpha value is -9.33. The number of nitrogens with two attached hydrogens (primary N) is 3. The lowest BCUT2D eigenvalue weighted by molar-refractivity contribution is -0.118. The van der Waals surface area contributed by atoms with Crippen LogP contribution >= 0.6 is 0 Å². The predicted molar refractivity (Wildman–Crippen MR) is 313 cm³/mol. The average Bonchev–Trinajstić information content (AvgIpc) is 3.47. The molecule has 0 fully saturated rings. The second-order valence-electron chi connectivity index (χ2n) is 20.0. The summed E-state index contributed by atoms with van der Waals surface area (Å²) in [5.74, 6) is -0.978. The lowest BCUT2D eigenvalue weighted by Crippen LogP contribution is -2.37. The summed E-state index contributed by atoms with van der Waals surface area (Å²) in [5, 5.41) is 39.9. The smallest absolute Gasteiger partial charge is 0.241 e. The van der Waals surface area contributed by atoms with E-state index in [1.165, 1.54) is 0 Å². The molecule has 3 amide bonds. The molecule has 3 atom stereocenters. The van der Waals surface area contributed by atoms with Gasteiger partial charge in [-0.1, -0.05) is 146 Å². The van der Waals surface area contributed by atoms with Crippen LogP contribution in [0, 0.1) is 0 Å². The zero-order chi connectivity index (χ0) is 55.3. The van der Waals surface area contributed by atoms with Crippen LogP contribution in [0.5, 0.6) is 17.2 Å². The van der Waals surface area contributed by atoms with E-state index in [2.05, 4.69) is 16.0 Å². The Bertz CT molecular complexity index is 3130. The van der Waals surface area contributed by atoms with Gasteiger partial charge in [0.1, 0.15) is 17.2 Å². The third-order valence-corrected chi connectivity index (χ3v) is 14.1. The minimum Gasteiger partial charge on any atom is -0.508 e. The highest BCUT2D eigenvalue weighted by Crippen LogP contribution is 2.35. The fourth-order valence-electron chi connectivity index (χ4n) is 9.92. The number of hydrogen-bond acceptors (Lipinski definition) is 9. The van der Waals surface area contributed by atoms with E-state index < -0.39 is 18.1 Å². The van der Waals surface area contributed by atoms with Crippen LogP contribution in [-0.2, 0) is 52.9 Å². The van der Waals surface area contributed by atoms with Gasteiger partial charge in [0.25, 0.3) is 0 Å². The SMILES string of the molecule is N[C@@H](Cc1ccc(O)cc1Cc1ccccc1)C(=O)Nc1ccc(C(c2ccc(NC(=O)[C@@H](N)Cc3ccc(O)cc3Cc3ccccc3)cc2)c2ccc(NC(=O)[C@@H](N)Cc3ccc(O)cc3Cc3ccccc3)cc2)cc1. The summed E-state index contributed by atoms with van der Waals surface area (Å²) in [4.78, 5) is 40.8. The van der Waals surface area contributed by atoms with Gasteiger partial charge in [-0.3, -0.25) is 14.4 Å². The van der Waals surface area contributed by atoms with E-state index >= 15 is 0 Å². The summed E-state index contributed by atoms with van der Waals surface area (Å²) in [6, 6.07) is 65.2. The van der Waals surface area contributed by atoms with Crippen LogP contribution in [0.2, 0.25) is 0 Å². The molecular weight excluding hydrogens is 985 g/mol. The molecule has 0 saturated heterocycles. The first-order valence-corrected chi connectivity index (χ1v) is 26.3. The molecule has 0 aromatic heterocycles. The van der Waals surface area contributed by atoms with Crippen molar-refractivity contribution in [1.82, 2.24) is 0 Å². The molecule has 0 saturated carbocycles. The molecule has 0 aliphatic rings. The maximum Gasteiger partial charge on any atom is 0.241 e. The zero-order valence-electron chi connectivity index (χ0n) is 43.6. The Kier molecular flexibility index (Phi) is 17.7. The molecule has 0 unspecified atom stereocenters. The van der Waals surface area contributed by atoms with Crippen LogP contribution in [0.4, 0.5) is 17.1 Å². The Labute approximate surface area is 460 Å². The molecular formula is C67H64N6O6. The van der Waals surface area contributed by atoms with Crippen molar-refractivity contribution in [2.45, 2.75) is 62.6 Å². The van der Waals surface area contributed by atoms with Crippen LogP contribution in [0.15, 0.2) is 218 Å². The molecule has 12 nitrogen and oxygen atoms in total. The van der Waals surface area contributed by atoms with Gasteiger partial charge in [0.05, 0.1) is 18.1 Å². The number of benzene rings is 9. The first kappa shape index (κ1) is 54.5. The highest BCUT2D eigenvalue weighted by molar-refractivity contribution is 5.96. The molecule has 79 heavy (non-hydrogen) atoms. The minimum atomic E-state index is -0.872. The van der Waals surface area contributed by atoms with Gasteiger partial charge in [-0.15, -0.1) is 0 Å². The number of carbonyl (C=O) groups excluding carboxylic acids is 3. The molecule has 0 bridgehead atoms. The van der Waals surface area contributed by atoms with Gasteiger partial charge in [-0.25, -0.2) is 0 Å². The zero-order valence-corrected chi connectivity index (χ0v) is 43.6. The van der Waals surface area contributed by atoms with Crippen molar-refractivity contribution in [2.24, 2.45) is 17.2 Å². The van der Waals surface area contributed by atoms with Crippen molar-refractivity contribution < 1.29 is 29.7 Å². The molecule has 0 spiro atoms. The number of hydrogen-bond donors (Lipinski definition) is 9. The van der Waals surface area contributed by atoms with E-state index in [-0.39, 0.29) is 60.2 Å². The van der Waals surface area contributed by atoms with Gasteiger partial charge in [0, 0.05) is 23.0 Å². The molecule has 9 rings (SSSR count). The van der Waals surface area contributed by atoms with Crippen LogP contribution in [0.3, 0.4) is 0 Å². The third kappa shape index (κ3) is 14.8. The predicted octanol–water partition coefficient (Wildman–Crippen LogP) is 10.3. The molecule has 0 radical (unpaired) electrons. The Morgan fingerprint density at radius 3 is 0.835 bits per heavy atom. The molecule has 12 N–H and O–H groups in total. The highest BCUT2D eigenvalue weighted by Gasteiger charge is 2.23. The van der Waals surface area contributed by atoms with Crippen molar-refractivity contribution in [3.63, 3.8) is 0 Å². The fraction of sp³-hybridized carbons (Fsp3) is 0.149. The number of nitrogens with one attached hydrogen (secondary N) is 3. The number of rotatable bonds is 21. The van der Waals surface area contributed by atoms with Gasteiger partial charge in [-0.05, 0) is 178 Å². The van der Waals surface area contributed by atoms with E-state index in [4.69, 9.17) is 17.2 Å². The van der Waals surface area contributed by atoms with E-state index in [1.807, 2.05) is 182 Å². The van der Waals surface area contributed by atoms with E-state index in [1.54, 1.807) is 36.4 Å². The van der Waals surface area contributed by atoms with Gasteiger partial charge >= 0.3 is 0 Å². The molecule has 9 aromatic carbocycles. The summed E-state index contributed by atoms with van der Waals surface area (Å²) in [6.45, 7) is 0. The van der Waals surface area contributed by atoms with Crippen molar-refractivity contribution in [3.05, 3.63) is 285 Å². The molecule has 0 aliphatic carbocycles. The molecule has 9 aromatic rings. The van der Waals surface area contributed by atoms with Gasteiger partial charge in [0.15, 0.2) is 0 Å². The Morgan fingerprint density at radius 1 is 0.329 bits per heavy atom. The number of aromatic hydroxyl groups is 3. The monoisotopic (exact) mass is 1050 g/mol. The first-order valence-electron chi connectivity index (χ1n) is 26.3. The lowest BCUT2D eigenvalue weighted by atomic mass is 9.85. The summed E-state index contributed by atoms with van der Waals surface area (Å²) in [5.41, 5.74) is 32.4. The largest absolute Gasteiger partial charge is 0.508 e. The second-order valence-corrected chi connectivity index (χ2v) is 20.0. The van der Waals surface area contributed by atoms with Crippen LogP contribution in [0.25, 0.3) is 0 Å². The van der Waals surface area contributed by atoms with Crippen molar-refractivity contribution in [1.29, 1.82) is 0 Å². The Morgan fingerprint density at radius 2 is 0.582 bits per heavy atom.